The zero-order valence-electron chi connectivity index (χ0n) is 8.80. The van der Waals surface area contributed by atoms with Crippen LogP contribution in [0.2, 0.25) is 0 Å². The van der Waals surface area contributed by atoms with E-state index in [0.29, 0.717) is 5.56 Å². The van der Waals surface area contributed by atoms with Crippen molar-refractivity contribution in [2.24, 2.45) is 0 Å². The third-order valence-electron chi connectivity index (χ3n) is 1.95. The van der Waals surface area contributed by atoms with Crippen LogP contribution in [0.3, 0.4) is 0 Å². The molecular formula is C10H13NO4S. The Morgan fingerprint density at radius 1 is 1.44 bits per heavy atom. The second-order valence-electron chi connectivity index (χ2n) is 3.21. The standard InChI is InChI=1S/C10H13NO4S/c1-8(13)9-3-2-4-10(7-9)16(14,15)11-5-6-12/h2-4,7,11-12H,5-6H2,1H3. The fourth-order valence-corrected chi connectivity index (χ4v) is 2.21. The number of ketones is 1. The maximum Gasteiger partial charge on any atom is 0.240 e. The van der Waals surface area contributed by atoms with Gasteiger partial charge in [0.1, 0.15) is 0 Å². The second-order valence-corrected chi connectivity index (χ2v) is 4.97. The number of carbonyl (C=O) groups excluding carboxylic acids is 1. The van der Waals surface area contributed by atoms with Crippen molar-refractivity contribution < 1.29 is 18.3 Å². The third kappa shape index (κ3) is 3.13. The zero-order chi connectivity index (χ0) is 12.2. The Kier molecular flexibility index (Phi) is 4.17. The molecule has 0 amide bonds. The summed E-state index contributed by atoms with van der Waals surface area (Å²) in [4.78, 5) is 11.1. The molecule has 0 aliphatic heterocycles. The lowest BCUT2D eigenvalue weighted by atomic mass is 10.2. The number of hydrogen-bond donors (Lipinski definition) is 2. The molecule has 16 heavy (non-hydrogen) atoms. The number of rotatable bonds is 5. The lowest BCUT2D eigenvalue weighted by molar-refractivity contribution is 0.101. The normalized spacial score (nSPS) is 11.4. The van der Waals surface area contributed by atoms with Gasteiger partial charge in [-0.15, -0.1) is 0 Å². The van der Waals surface area contributed by atoms with Crippen LogP contribution in [-0.4, -0.2) is 32.5 Å². The van der Waals surface area contributed by atoms with E-state index in [9.17, 15) is 13.2 Å². The first kappa shape index (κ1) is 12.8. The van der Waals surface area contributed by atoms with Crippen molar-refractivity contribution in [3.8, 4) is 0 Å². The summed E-state index contributed by atoms with van der Waals surface area (Å²) in [6.07, 6.45) is 0. The molecule has 0 fully saturated rings. The SMILES string of the molecule is CC(=O)c1cccc(S(=O)(=O)NCCO)c1. The van der Waals surface area contributed by atoms with Gasteiger partial charge in [-0.3, -0.25) is 4.79 Å². The van der Waals surface area contributed by atoms with Gasteiger partial charge in [0.05, 0.1) is 11.5 Å². The molecule has 0 aromatic heterocycles. The van der Waals surface area contributed by atoms with Crippen molar-refractivity contribution in [3.63, 3.8) is 0 Å². The van der Waals surface area contributed by atoms with Crippen LogP contribution in [0.5, 0.6) is 0 Å². The van der Waals surface area contributed by atoms with E-state index in [1.807, 2.05) is 0 Å². The molecule has 0 aliphatic rings. The lowest BCUT2D eigenvalue weighted by Crippen LogP contribution is -2.26. The fourth-order valence-electron chi connectivity index (χ4n) is 1.15. The van der Waals surface area contributed by atoms with E-state index >= 15 is 0 Å². The lowest BCUT2D eigenvalue weighted by Gasteiger charge is -2.05. The average Bonchev–Trinajstić information content (AvgIpc) is 2.26. The van der Waals surface area contributed by atoms with Crippen LogP contribution in [0.4, 0.5) is 0 Å². The molecule has 0 atom stereocenters. The predicted molar refractivity (Wildman–Crippen MR) is 58.7 cm³/mol. The Hall–Kier alpha value is -1.24. The molecule has 1 aromatic rings. The van der Waals surface area contributed by atoms with Crippen molar-refractivity contribution in [1.82, 2.24) is 4.72 Å². The molecular weight excluding hydrogens is 230 g/mol. The van der Waals surface area contributed by atoms with Crippen molar-refractivity contribution in [1.29, 1.82) is 0 Å². The quantitative estimate of drug-likeness (QED) is 0.722. The number of carbonyl (C=O) groups is 1. The summed E-state index contributed by atoms with van der Waals surface area (Å²) in [5, 5.41) is 8.54. The molecule has 0 heterocycles. The molecule has 0 spiro atoms. The maximum atomic E-state index is 11.6. The van der Waals surface area contributed by atoms with Crippen LogP contribution in [0.15, 0.2) is 29.2 Å². The molecule has 0 saturated carbocycles. The molecule has 2 N–H and O–H groups in total. The van der Waals surface area contributed by atoms with Crippen LogP contribution in [0.1, 0.15) is 17.3 Å². The van der Waals surface area contributed by atoms with Gasteiger partial charge in [0.2, 0.25) is 10.0 Å². The first-order chi connectivity index (χ1) is 7.47. The molecule has 1 aromatic carbocycles. The molecule has 1 rings (SSSR count). The zero-order valence-corrected chi connectivity index (χ0v) is 9.62. The Morgan fingerprint density at radius 3 is 2.69 bits per heavy atom. The number of nitrogens with one attached hydrogen (secondary N) is 1. The summed E-state index contributed by atoms with van der Waals surface area (Å²) in [7, 11) is -3.64. The monoisotopic (exact) mass is 243 g/mol. The van der Waals surface area contributed by atoms with Crippen molar-refractivity contribution >= 4 is 15.8 Å². The molecule has 88 valence electrons. The van der Waals surface area contributed by atoms with Crippen LogP contribution >= 0.6 is 0 Å². The number of aliphatic hydroxyl groups is 1. The Bertz CT molecular complexity index is 481. The van der Waals surface area contributed by atoms with Crippen molar-refractivity contribution in [3.05, 3.63) is 29.8 Å². The van der Waals surface area contributed by atoms with Crippen LogP contribution < -0.4 is 4.72 Å². The number of benzene rings is 1. The number of Topliss-reactive ketones (excluding diaryl/α,β-unsaturated/α-hetero) is 1. The Morgan fingerprint density at radius 2 is 2.12 bits per heavy atom. The van der Waals surface area contributed by atoms with Gasteiger partial charge in [0.15, 0.2) is 5.78 Å². The third-order valence-corrected chi connectivity index (χ3v) is 3.41. The number of hydrogen-bond acceptors (Lipinski definition) is 4. The van der Waals surface area contributed by atoms with Gasteiger partial charge in [-0.05, 0) is 19.1 Å². The molecule has 0 radical (unpaired) electrons. The van der Waals surface area contributed by atoms with Gasteiger partial charge in [0, 0.05) is 12.1 Å². The van der Waals surface area contributed by atoms with Gasteiger partial charge in [-0.1, -0.05) is 12.1 Å². The van der Waals surface area contributed by atoms with E-state index in [-0.39, 0.29) is 23.8 Å². The Labute approximate surface area is 94.2 Å². The van der Waals surface area contributed by atoms with Gasteiger partial charge in [-0.2, -0.15) is 0 Å². The smallest absolute Gasteiger partial charge is 0.240 e. The highest BCUT2D eigenvalue weighted by Crippen LogP contribution is 2.11. The van der Waals surface area contributed by atoms with Crippen LogP contribution in [-0.2, 0) is 10.0 Å². The first-order valence-electron chi connectivity index (χ1n) is 4.69. The number of aliphatic hydroxyl groups excluding tert-OH is 1. The minimum Gasteiger partial charge on any atom is -0.395 e. The summed E-state index contributed by atoms with van der Waals surface area (Å²) < 4.78 is 25.5. The second kappa shape index (κ2) is 5.20. The topological polar surface area (TPSA) is 83.5 Å². The van der Waals surface area contributed by atoms with E-state index in [4.69, 9.17) is 5.11 Å². The van der Waals surface area contributed by atoms with Crippen LogP contribution in [0.25, 0.3) is 0 Å². The van der Waals surface area contributed by atoms with Gasteiger partial charge < -0.3 is 5.11 Å². The Balaban J connectivity index is 3.04. The highest BCUT2D eigenvalue weighted by atomic mass is 32.2. The molecule has 0 aliphatic carbocycles. The minimum atomic E-state index is -3.64. The summed E-state index contributed by atoms with van der Waals surface area (Å²) in [6, 6.07) is 5.76. The number of sulfonamides is 1. The van der Waals surface area contributed by atoms with Crippen molar-refractivity contribution in [2.45, 2.75) is 11.8 Å². The van der Waals surface area contributed by atoms with E-state index in [2.05, 4.69) is 4.72 Å². The molecule has 6 heteroatoms. The highest BCUT2D eigenvalue weighted by Gasteiger charge is 2.14. The summed E-state index contributed by atoms with van der Waals surface area (Å²) >= 11 is 0. The average molecular weight is 243 g/mol. The summed E-state index contributed by atoms with van der Waals surface area (Å²) in [5.41, 5.74) is 0.340. The van der Waals surface area contributed by atoms with Crippen molar-refractivity contribution in [2.75, 3.05) is 13.2 Å². The van der Waals surface area contributed by atoms with Gasteiger partial charge in [0.25, 0.3) is 0 Å². The molecule has 0 unspecified atom stereocenters. The summed E-state index contributed by atoms with van der Waals surface area (Å²) in [6.45, 7) is 1.05. The minimum absolute atomic E-state index is 0.0219. The van der Waals surface area contributed by atoms with E-state index in [1.54, 1.807) is 6.07 Å². The fraction of sp³-hybridized carbons (Fsp3) is 0.300. The highest BCUT2D eigenvalue weighted by molar-refractivity contribution is 7.89. The maximum absolute atomic E-state index is 11.6. The van der Waals surface area contributed by atoms with Crippen LogP contribution in [0, 0.1) is 0 Å². The van der Waals surface area contributed by atoms with E-state index < -0.39 is 10.0 Å². The molecule has 0 bridgehead atoms. The summed E-state index contributed by atoms with van der Waals surface area (Å²) in [5.74, 6) is -0.195. The van der Waals surface area contributed by atoms with Gasteiger partial charge >= 0.3 is 0 Å². The largest absolute Gasteiger partial charge is 0.395 e. The first-order valence-corrected chi connectivity index (χ1v) is 6.17. The predicted octanol–water partition coefficient (Wildman–Crippen LogP) is 0.160. The molecule has 5 nitrogen and oxygen atoms in total. The molecule has 0 saturated heterocycles. The van der Waals surface area contributed by atoms with E-state index in [0.717, 1.165) is 0 Å². The van der Waals surface area contributed by atoms with Gasteiger partial charge in [-0.25, -0.2) is 13.1 Å². The van der Waals surface area contributed by atoms with E-state index in [1.165, 1.54) is 25.1 Å².